The van der Waals surface area contributed by atoms with Crippen molar-refractivity contribution in [1.29, 1.82) is 0 Å². The highest BCUT2D eigenvalue weighted by atomic mass is 31.2. The summed E-state index contributed by atoms with van der Waals surface area (Å²) >= 11 is 0. The van der Waals surface area contributed by atoms with Crippen molar-refractivity contribution >= 4 is 13.7 Å². The van der Waals surface area contributed by atoms with E-state index in [1.54, 1.807) is 0 Å². The average molecular weight is 593 g/mol. The lowest BCUT2D eigenvalue weighted by atomic mass is 10.0. The summed E-state index contributed by atoms with van der Waals surface area (Å²) < 4.78 is 22.5. The monoisotopic (exact) mass is 592 g/mol. The van der Waals surface area contributed by atoms with Gasteiger partial charge in [-0.25, -0.2) is 0 Å². The fraction of sp³-hybridized carbons (Fsp3) is 0.968. The van der Waals surface area contributed by atoms with E-state index in [2.05, 4.69) is 12.2 Å². The van der Waals surface area contributed by atoms with Crippen LogP contribution in [0.25, 0.3) is 0 Å². The number of hydrogen-bond acceptors (Lipinski definition) is 6. The minimum Gasteiger partial charge on any atom is -0.756 e. The number of rotatable bonds is 29. The van der Waals surface area contributed by atoms with Gasteiger partial charge >= 0.3 is 0 Å². The van der Waals surface area contributed by atoms with Gasteiger partial charge in [-0.3, -0.25) is 9.36 Å². The van der Waals surface area contributed by atoms with Gasteiger partial charge in [0.2, 0.25) is 5.91 Å². The molecule has 0 aromatic rings. The number of likely N-dealkylation sites (N-methyl/N-ethyl adjacent to an activating group) is 1. The molecule has 0 fully saturated rings. The Bertz CT molecular complexity index is 644. The molecule has 0 aliphatic carbocycles. The molecule has 40 heavy (non-hydrogen) atoms. The number of unbranched alkanes of at least 4 members (excludes halogenated alkanes) is 18. The van der Waals surface area contributed by atoms with Crippen LogP contribution in [-0.4, -0.2) is 68.5 Å². The quantitative estimate of drug-likeness (QED) is 0.0557. The Hall–Kier alpha value is -0.500. The van der Waals surface area contributed by atoms with Gasteiger partial charge in [-0.2, -0.15) is 0 Å². The van der Waals surface area contributed by atoms with E-state index in [1.807, 2.05) is 21.1 Å². The number of quaternary nitrogens is 1. The first-order valence-corrected chi connectivity index (χ1v) is 17.8. The molecule has 9 heteroatoms. The smallest absolute Gasteiger partial charge is 0.268 e. The van der Waals surface area contributed by atoms with Crippen LogP contribution in [0.15, 0.2) is 0 Å². The average Bonchev–Trinajstić information content (AvgIpc) is 2.86. The molecule has 240 valence electrons. The maximum Gasteiger partial charge on any atom is 0.268 e. The molecule has 0 spiro atoms. The standard InChI is InChI=1S/C31H65N2O6P/c1-6-7-8-9-10-11-12-13-14-15-16-17-18-19-20-21-22-23-24-25-31(35)30(32-29(2)34)28-39-40(36,37)38-27-26-33(3,4)5/h30-31,35H,6-28H2,1-5H3,(H-,32,34,36,37). The number of phosphoric acid groups is 1. The summed E-state index contributed by atoms with van der Waals surface area (Å²) in [5.41, 5.74) is 0. The molecule has 0 aliphatic heterocycles. The molecule has 0 aromatic carbocycles. The van der Waals surface area contributed by atoms with Crippen LogP contribution < -0.4 is 10.2 Å². The van der Waals surface area contributed by atoms with E-state index in [0.717, 1.165) is 19.3 Å². The minimum absolute atomic E-state index is 0.0109. The second kappa shape index (κ2) is 25.0. The highest BCUT2D eigenvalue weighted by Crippen LogP contribution is 2.38. The van der Waals surface area contributed by atoms with Crippen molar-refractivity contribution in [1.82, 2.24) is 5.32 Å². The Morgan fingerprint density at radius 3 is 1.55 bits per heavy atom. The van der Waals surface area contributed by atoms with Crippen molar-refractivity contribution in [2.75, 3.05) is 40.9 Å². The fourth-order valence-electron chi connectivity index (χ4n) is 4.78. The number of hydrogen-bond donors (Lipinski definition) is 2. The van der Waals surface area contributed by atoms with Gasteiger partial charge in [0.1, 0.15) is 13.2 Å². The van der Waals surface area contributed by atoms with Gasteiger partial charge in [-0.15, -0.1) is 0 Å². The Kier molecular flexibility index (Phi) is 24.7. The molecule has 0 heterocycles. The third kappa shape index (κ3) is 27.7. The van der Waals surface area contributed by atoms with Crippen LogP contribution in [0.1, 0.15) is 142 Å². The van der Waals surface area contributed by atoms with E-state index in [-0.39, 0.29) is 19.1 Å². The Morgan fingerprint density at radius 1 is 0.775 bits per heavy atom. The zero-order valence-corrected chi connectivity index (χ0v) is 27.7. The first-order valence-electron chi connectivity index (χ1n) is 16.3. The van der Waals surface area contributed by atoms with Crippen molar-refractivity contribution in [2.24, 2.45) is 0 Å². The van der Waals surface area contributed by atoms with Crippen LogP contribution in [0, 0.1) is 0 Å². The molecule has 3 atom stereocenters. The van der Waals surface area contributed by atoms with Crippen LogP contribution in [0.3, 0.4) is 0 Å². The third-order valence-corrected chi connectivity index (χ3v) is 8.34. The summed E-state index contributed by atoms with van der Waals surface area (Å²) in [5, 5.41) is 13.2. The number of nitrogens with zero attached hydrogens (tertiary/aromatic N) is 1. The Balaban J connectivity index is 3.79. The first-order chi connectivity index (χ1) is 19.0. The number of carbonyl (C=O) groups is 1. The molecular formula is C31H65N2O6P. The van der Waals surface area contributed by atoms with Gasteiger partial charge in [-0.05, 0) is 6.42 Å². The number of phosphoric ester groups is 1. The summed E-state index contributed by atoms with van der Waals surface area (Å²) in [6.45, 7) is 3.79. The second-order valence-corrected chi connectivity index (χ2v) is 14.0. The molecule has 1 amide bonds. The number of amides is 1. The van der Waals surface area contributed by atoms with Gasteiger partial charge in [0.05, 0.1) is 39.9 Å². The van der Waals surface area contributed by atoms with Crippen LogP contribution >= 0.6 is 7.82 Å². The van der Waals surface area contributed by atoms with E-state index >= 15 is 0 Å². The van der Waals surface area contributed by atoms with Gasteiger partial charge in [0.15, 0.2) is 0 Å². The fourth-order valence-corrected chi connectivity index (χ4v) is 5.50. The molecule has 0 aromatic heterocycles. The summed E-state index contributed by atoms with van der Waals surface area (Å²) in [7, 11) is 1.30. The van der Waals surface area contributed by atoms with Crippen LogP contribution in [-0.2, 0) is 18.4 Å². The van der Waals surface area contributed by atoms with Gasteiger partial charge in [-0.1, -0.05) is 129 Å². The zero-order chi connectivity index (χ0) is 30.1. The summed E-state index contributed by atoms with van der Waals surface area (Å²) in [5.74, 6) is -0.340. The van der Waals surface area contributed by atoms with Gasteiger partial charge < -0.3 is 28.8 Å². The van der Waals surface area contributed by atoms with Crippen molar-refractivity contribution in [3.63, 3.8) is 0 Å². The molecule has 8 nitrogen and oxygen atoms in total. The lowest BCUT2D eigenvalue weighted by molar-refractivity contribution is -0.870. The van der Waals surface area contributed by atoms with Crippen molar-refractivity contribution in [3.8, 4) is 0 Å². The molecule has 0 bridgehead atoms. The lowest BCUT2D eigenvalue weighted by Crippen LogP contribution is -2.45. The molecule has 2 N–H and O–H groups in total. The number of carbonyl (C=O) groups excluding carboxylic acids is 1. The topological polar surface area (TPSA) is 108 Å². The Labute approximate surface area is 247 Å². The number of aliphatic hydroxyl groups is 1. The van der Waals surface area contributed by atoms with Crippen molar-refractivity contribution < 1.29 is 32.9 Å². The summed E-state index contributed by atoms with van der Waals surface area (Å²) in [6.07, 6.45) is 24.4. The molecule has 0 radical (unpaired) electrons. The summed E-state index contributed by atoms with van der Waals surface area (Å²) in [4.78, 5) is 23.6. The first kappa shape index (κ1) is 39.5. The van der Waals surface area contributed by atoms with Gasteiger partial charge in [0.25, 0.3) is 7.82 Å². The highest BCUT2D eigenvalue weighted by Gasteiger charge is 2.23. The second-order valence-electron chi connectivity index (χ2n) is 12.6. The molecule has 0 aliphatic rings. The predicted octanol–water partition coefficient (Wildman–Crippen LogP) is 6.88. The van der Waals surface area contributed by atoms with E-state index in [9.17, 15) is 19.4 Å². The zero-order valence-electron chi connectivity index (χ0n) is 26.8. The van der Waals surface area contributed by atoms with Gasteiger partial charge in [0, 0.05) is 6.92 Å². The molecule has 0 rings (SSSR count). The summed E-state index contributed by atoms with van der Waals surface area (Å²) in [6, 6.07) is -0.794. The lowest BCUT2D eigenvalue weighted by Gasteiger charge is -2.29. The molecule has 0 saturated heterocycles. The number of nitrogens with one attached hydrogen (secondary N) is 1. The number of aliphatic hydroxyl groups excluding tert-OH is 1. The largest absolute Gasteiger partial charge is 0.756 e. The molecule has 0 saturated carbocycles. The van der Waals surface area contributed by atoms with Crippen LogP contribution in [0.2, 0.25) is 0 Å². The third-order valence-electron chi connectivity index (χ3n) is 7.38. The van der Waals surface area contributed by atoms with E-state index < -0.39 is 20.0 Å². The van der Waals surface area contributed by atoms with E-state index in [0.29, 0.717) is 17.4 Å². The van der Waals surface area contributed by atoms with Crippen molar-refractivity contribution in [2.45, 2.75) is 154 Å². The molecule has 3 unspecified atom stereocenters. The maximum absolute atomic E-state index is 12.1. The predicted molar refractivity (Wildman–Crippen MR) is 164 cm³/mol. The highest BCUT2D eigenvalue weighted by molar-refractivity contribution is 7.45. The van der Waals surface area contributed by atoms with E-state index in [1.165, 1.54) is 110 Å². The normalized spacial score (nSPS) is 15.1. The van der Waals surface area contributed by atoms with E-state index in [4.69, 9.17) is 9.05 Å². The van der Waals surface area contributed by atoms with Crippen LogP contribution in [0.4, 0.5) is 0 Å². The minimum atomic E-state index is -4.51. The maximum atomic E-state index is 12.1. The van der Waals surface area contributed by atoms with Crippen LogP contribution in [0.5, 0.6) is 0 Å². The van der Waals surface area contributed by atoms with Crippen molar-refractivity contribution in [3.05, 3.63) is 0 Å². The Morgan fingerprint density at radius 2 is 1.18 bits per heavy atom. The molecular weight excluding hydrogens is 527 g/mol. The SMILES string of the molecule is CCCCCCCCCCCCCCCCCCCCCC(O)C(COP(=O)([O-])OCC[N+](C)(C)C)NC(C)=O.